The fourth-order valence-electron chi connectivity index (χ4n) is 1.25. The van der Waals surface area contributed by atoms with Crippen LogP contribution in [0.2, 0.25) is 0 Å². The average Bonchev–Trinajstić information content (AvgIpc) is 2.40. The zero-order valence-corrected chi connectivity index (χ0v) is 12.8. The summed E-state index contributed by atoms with van der Waals surface area (Å²) in [6.07, 6.45) is 0. The van der Waals surface area contributed by atoms with Gasteiger partial charge in [-0.2, -0.15) is 0 Å². The molecule has 7 heteroatoms. The first-order valence-corrected chi connectivity index (χ1v) is 7.45. The molecule has 1 amide bonds. The summed E-state index contributed by atoms with van der Waals surface area (Å²) in [6, 6.07) is 6.64. The normalized spacial score (nSPS) is 11.7. The third kappa shape index (κ3) is 5.63. The molecule has 104 valence electrons. The number of carbonyl (C=O) groups is 2. The number of hydrogen-bond acceptors (Lipinski definition) is 5. The second kappa shape index (κ2) is 8.19. The van der Waals surface area contributed by atoms with Crippen molar-refractivity contribution in [2.24, 2.45) is 5.73 Å². The molecule has 1 atom stereocenters. The van der Waals surface area contributed by atoms with E-state index in [4.69, 9.17) is 5.73 Å². The standard InChI is InChI=1S/C12H15BrN2O3S/c1-18-12(17)9(14)6-19-7-11(16)15-10-5-3-2-4-8(10)13/h2-5,9H,6-7,14H2,1H3,(H,15,16). The van der Waals surface area contributed by atoms with Gasteiger partial charge in [-0.1, -0.05) is 12.1 Å². The molecule has 0 bridgehead atoms. The third-order valence-electron chi connectivity index (χ3n) is 2.18. The second-order valence-corrected chi connectivity index (χ2v) is 5.56. The highest BCUT2D eigenvalue weighted by molar-refractivity contribution is 9.10. The number of para-hydroxylation sites is 1. The number of rotatable bonds is 6. The summed E-state index contributed by atoms with van der Waals surface area (Å²) in [5.74, 6) is -0.0464. The molecule has 5 nitrogen and oxygen atoms in total. The quantitative estimate of drug-likeness (QED) is 0.765. The van der Waals surface area contributed by atoms with E-state index in [1.807, 2.05) is 18.2 Å². The molecule has 0 saturated carbocycles. The number of thioether (sulfide) groups is 1. The first kappa shape index (κ1) is 16.0. The SMILES string of the molecule is COC(=O)C(N)CSCC(=O)Nc1ccccc1Br. The Morgan fingerprint density at radius 1 is 1.47 bits per heavy atom. The van der Waals surface area contributed by atoms with Crippen molar-refractivity contribution in [2.75, 3.05) is 23.9 Å². The van der Waals surface area contributed by atoms with E-state index in [-0.39, 0.29) is 11.7 Å². The second-order valence-electron chi connectivity index (χ2n) is 3.67. The van der Waals surface area contributed by atoms with E-state index >= 15 is 0 Å². The van der Waals surface area contributed by atoms with Gasteiger partial charge in [0.25, 0.3) is 0 Å². The van der Waals surface area contributed by atoms with Gasteiger partial charge >= 0.3 is 5.97 Å². The van der Waals surface area contributed by atoms with Crippen LogP contribution in [0.3, 0.4) is 0 Å². The van der Waals surface area contributed by atoms with Crippen molar-refractivity contribution in [3.63, 3.8) is 0 Å². The van der Waals surface area contributed by atoms with Crippen LogP contribution in [0, 0.1) is 0 Å². The summed E-state index contributed by atoms with van der Waals surface area (Å²) in [5.41, 5.74) is 6.27. The molecule has 0 saturated heterocycles. The zero-order valence-electron chi connectivity index (χ0n) is 10.4. The van der Waals surface area contributed by atoms with Gasteiger partial charge in [-0.25, -0.2) is 0 Å². The smallest absolute Gasteiger partial charge is 0.323 e. The highest BCUT2D eigenvalue weighted by Crippen LogP contribution is 2.21. The predicted octanol–water partition coefficient (Wildman–Crippen LogP) is 1.62. The van der Waals surface area contributed by atoms with Gasteiger partial charge in [0.15, 0.2) is 0 Å². The third-order valence-corrected chi connectivity index (χ3v) is 3.94. The fourth-order valence-corrected chi connectivity index (χ4v) is 2.40. The van der Waals surface area contributed by atoms with E-state index in [0.717, 1.165) is 4.47 Å². The molecule has 0 aliphatic carbocycles. The Kier molecular flexibility index (Phi) is 6.90. The van der Waals surface area contributed by atoms with Crippen LogP contribution in [0.25, 0.3) is 0 Å². The Morgan fingerprint density at radius 2 is 2.16 bits per heavy atom. The average molecular weight is 347 g/mol. The van der Waals surface area contributed by atoms with E-state index in [2.05, 4.69) is 26.0 Å². The number of nitrogens with one attached hydrogen (secondary N) is 1. The Labute approximate surface area is 124 Å². The topological polar surface area (TPSA) is 81.4 Å². The minimum atomic E-state index is -0.703. The summed E-state index contributed by atoms with van der Waals surface area (Å²) < 4.78 is 5.32. The van der Waals surface area contributed by atoms with Gasteiger partial charge in [0.05, 0.1) is 18.6 Å². The Bertz CT molecular complexity index is 456. The van der Waals surface area contributed by atoms with E-state index in [1.54, 1.807) is 6.07 Å². The maximum atomic E-state index is 11.7. The molecule has 1 rings (SSSR count). The number of carbonyl (C=O) groups excluding carboxylic acids is 2. The Balaban J connectivity index is 2.33. The van der Waals surface area contributed by atoms with Crippen molar-refractivity contribution < 1.29 is 14.3 Å². The molecule has 0 spiro atoms. The lowest BCUT2D eigenvalue weighted by Crippen LogP contribution is -2.34. The molecule has 0 fully saturated rings. The van der Waals surface area contributed by atoms with E-state index < -0.39 is 12.0 Å². The highest BCUT2D eigenvalue weighted by Gasteiger charge is 2.14. The number of amides is 1. The van der Waals surface area contributed by atoms with Gasteiger partial charge < -0.3 is 15.8 Å². The van der Waals surface area contributed by atoms with Crippen LogP contribution in [-0.2, 0) is 14.3 Å². The van der Waals surface area contributed by atoms with Gasteiger partial charge in [0, 0.05) is 10.2 Å². The minimum Gasteiger partial charge on any atom is -0.468 e. The van der Waals surface area contributed by atoms with Crippen LogP contribution in [0.5, 0.6) is 0 Å². The summed E-state index contributed by atoms with van der Waals surface area (Å²) >= 11 is 4.63. The molecule has 0 aliphatic rings. The molecule has 0 aliphatic heterocycles. The van der Waals surface area contributed by atoms with Crippen molar-refractivity contribution in [1.29, 1.82) is 0 Å². The number of ether oxygens (including phenoxy) is 1. The van der Waals surface area contributed by atoms with Gasteiger partial charge in [0.2, 0.25) is 5.91 Å². The molecule has 3 N–H and O–H groups in total. The van der Waals surface area contributed by atoms with Crippen molar-refractivity contribution in [2.45, 2.75) is 6.04 Å². The molecule has 1 aromatic carbocycles. The van der Waals surface area contributed by atoms with Crippen LogP contribution in [0.4, 0.5) is 5.69 Å². The first-order valence-electron chi connectivity index (χ1n) is 5.50. The molecular weight excluding hydrogens is 332 g/mol. The van der Waals surface area contributed by atoms with E-state index in [0.29, 0.717) is 11.4 Å². The maximum absolute atomic E-state index is 11.7. The van der Waals surface area contributed by atoms with E-state index in [1.165, 1.54) is 18.9 Å². The van der Waals surface area contributed by atoms with Crippen molar-refractivity contribution in [3.05, 3.63) is 28.7 Å². The van der Waals surface area contributed by atoms with Crippen LogP contribution in [0.15, 0.2) is 28.7 Å². The summed E-state index contributed by atoms with van der Waals surface area (Å²) in [5, 5.41) is 2.76. The number of benzene rings is 1. The van der Waals surface area contributed by atoms with Crippen LogP contribution < -0.4 is 11.1 Å². The number of halogens is 1. The number of esters is 1. The van der Waals surface area contributed by atoms with Crippen molar-refractivity contribution >= 4 is 45.3 Å². The number of nitrogens with two attached hydrogens (primary N) is 1. The first-order chi connectivity index (χ1) is 9.04. The lowest BCUT2D eigenvalue weighted by molar-refractivity contribution is -0.141. The molecule has 0 heterocycles. The molecular formula is C12H15BrN2O3S. The predicted molar refractivity (Wildman–Crippen MR) is 80.1 cm³/mol. The Hall–Kier alpha value is -1.05. The van der Waals surface area contributed by atoms with Crippen LogP contribution in [0.1, 0.15) is 0 Å². The lowest BCUT2D eigenvalue weighted by atomic mass is 10.3. The minimum absolute atomic E-state index is 0.144. The summed E-state index contributed by atoms with van der Waals surface area (Å²) in [6.45, 7) is 0. The maximum Gasteiger partial charge on any atom is 0.323 e. The van der Waals surface area contributed by atoms with Crippen LogP contribution >= 0.6 is 27.7 Å². The molecule has 0 radical (unpaired) electrons. The molecule has 1 aromatic rings. The van der Waals surface area contributed by atoms with Crippen molar-refractivity contribution in [1.82, 2.24) is 0 Å². The zero-order chi connectivity index (χ0) is 14.3. The van der Waals surface area contributed by atoms with Gasteiger partial charge in [-0.05, 0) is 28.1 Å². The molecule has 0 aromatic heterocycles. The van der Waals surface area contributed by atoms with E-state index in [9.17, 15) is 9.59 Å². The number of methoxy groups -OCH3 is 1. The summed E-state index contributed by atoms with van der Waals surface area (Å²) in [7, 11) is 1.28. The largest absolute Gasteiger partial charge is 0.468 e. The van der Waals surface area contributed by atoms with Gasteiger partial charge in [-0.15, -0.1) is 11.8 Å². The monoisotopic (exact) mass is 346 g/mol. The van der Waals surface area contributed by atoms with Crippen LogP contribution in [-0.4, -0.2) is 36.5 Å². The number of hydrogen-bond donors (Lipinski definition) is 2. The fraction of sp³-hybridized carbons (Fsp3) is 0.333. The van der Waals surface area contributed by atoms with Gasteiger partial charge in [-0.3, -0.25) is 9.59 Å². The highest BCUT2D eigenvalue weighted by atomic mass is 79.9. The van der Waals surface area contributed by atoms with Gasteiger partial charge in [0.1, 0.15) is 6.04 Å². The molecule has 19 heavy (non-hydrogen) atoms. The Morgan fingerprint density at radius 3 is 2.79 bits per heavy atom. The molecule has 1 unspecified atom stereocenters. The lowest BCUT2D eigenvalue weighted by Gasteiger charge is -2.09. The summed E-state index contributed by atoms with van der Waals surface area (Å²) in [4.78, 5) is 22.7. The van der Waals surface area contributed by atoms with Crippen molar-refractivity contribution in [3.8, 4) is 0 Å². The number of anilines is 1.